The predicted octanol–water partition coefficient (Wildman–Crippen LogP) is -0.260. The summed E-state index contributed by atoms with van der Waals surface area (Å²) in [7, 11) is -4.01. The predicted molar refractivity (Wildman–Crippen MR) is 71.9 cm³/mol. The standard InChI is InChI=1S/C10H12N5O4P/c11-10-13-8-7(9(16)14-10)12-4-15(8)2-5-1-6(5)3-20(17,18)19/h2,4,6H,1,3H2,(H2,17,18,19)(H3,11,13,14,16)/b5-2+. The molecule has 1 fully saturated rings. The molecule has 0 amide bonds. The number of fused-ring (bicyclic) bond motifs is 1. The van der Waals surface area contributed by atoms with Gasteiger partial charge in [0.15, 0.2) is 11.2 Å². The SMILES string of the molecule is Nc1nc2c(ncn2/C=C2\CC2CP(=O)(O)O)c(=O)[nH]1. The van der Waals surface area contributed by atoms with E-state index in [1.807, 2.05) is 0 Å². The maximum absolute atomic E-state index is 11.6. The van der Waals surface area contributed by atoms with Crippen molar-refractivity contribution < 1.29 is 14.4 Å². The number of nitrogens with two attached hydrogens (primary N) is 1. The molecule has 5 N–H and O–H groups in total. The second kappa shape index (κ2) is 4.27. The van der Waals surface area contributed by atoms with Crippen molar-refractivity contribution >= 4 is 30.9 Å². The molecule has 1 atom stereocenters. The average Bonchev–Trinajstić information content (AvgIpc) is 2.85. The van der Waals surface area contributed by atoms with Gasteiger partial charge in [0, 0.05) is 6.20 Å². The van der Waals surface area contributed by atoms with Crippen LogP contribution in [-0.2, 0) is 4.57 Å². The maximum Gasteiger partial charge on any atom is 0.326 e. The zero-order chi connectivity index (χ0) is 14.5. The Morgan fingerprint density at radius 3 is 3.05 bits per heavy atom. The first-order valence-electron chi connectivity index (χ1n) is 5.81. The van der Waals surface area contributed by atoms with Gasteiger partial charge in [0.2, 0.25) is 5.95 Å². The summed E-state index contributed by atoms with van der Waals surface area (Å²) in [6.07, 6.45) is 3.55. The lowest BCUT2D eigenvalue weighted by molar-refractivity contribution is 0.371. The molecule has 1 saturated carbocycles. The second-order valence-corrected chi connectivity index (χ2v) is 6.42. The number of H-pyrrole nitrogens is 1. The van der Waals surface area contributed by atoms with Gasteiger partial charge in [-0.1, -0.05) is 0 Å². The van der Waals surface area contributed by atoms with E-state index < -0.39 is 13.2 Å². The molecule has 1 unspecified atom stereocenters. The Kier molecular flexibility index (Phi) is 2.79. The molecular formula is C10H12N5O4P. The van der Waals surface area contributed by atoms with E-state index in [9.17, 15) is 9.36 Å². The molecule has 106 valence electrons. The monoisotopic (exact) mass is 297 g/mol. The molecule has 3 rings (SSSR count). The van der Waals surface area contributed by atoms with E-state index in [0.29, 0.717) is 12.1 Å². The summed E-state index contributed by atoms with van der Waals surface area (Å²) < 4.78 is 12.4. The van der Waals surface area contributed by atoms with Crippen molar-refractivity contribution in [2.75, 3.05) is 11.9 Å². The Labute approximate surface area is 112 Å². The second-order valence-electron chi connectivity index (χ2n) is 4.73. The van der Waals surface area contributed by atoms with Gasteiger partial charge in [-0.15, -0.1) is 0 Å². The van der Waals surface area contributed by atoms with Gasteiger partial charge in [0.1, 0.15) is 6.33 Å². The van der Waals surface area contributed by atoms with Crippen LogP contribution in [0, 0.1) is 5.92 Å². The van der Waals surface area contributed by atoms with Crippen LogP contribution in [0.15, 0.2) is 16.7 Å². The van der Waals surface area contributed by atoms with E-state index in [0.717, 1.165) is 5.57 Å². The van der Waals surface area contributed by atoms with Gasteiger partial charge in [-0.25, -0.2) is 4.98 Å². The number of hydrogen-bond acceptors (Lipinski definition) is 5. The van der Waals surface area contributed by atoms with Gasteiger partial charge in [-0.2, -0.15) is 4.98 Å². The Morgan fingerprint density at radius 1 is 1.60 bits per heavy atom. The van der Waals surface area contributed by atoms with Crippen molar-refractivity contribution in [1.29, 1.82) is 0 Å². The highest BCUT2D eigenvalue weighted by Gasteiger charge is 2.35. The summed E-state index contributed by atoms with van der Waals surface area (Å²) in [4.78, 5) is 39.7. The molecule has 0 spiro atoms. The fourth-order valence-electron chi connectivity index (χ4n) is 2.07. The van der Waals surface area contributed by atoms with Crippen molar-refractivity contribution in [3.63, 3.8) is 0 Å². The smallest absolute Gasteiger partial charge is 0.326 e. The van der Waals surface area contributed by atoms with Crippen molar-refractivity contribution in [3.8, 4) is 0 Å². The zero-order valence-electron chi connectivity index (χ0n) is 10.2. The van der Waals surface area contributed by atoms with Gasteiger partial charge in [-0.05, 0) is 17.9 Å². The summed E-state index contributed by atoms with van der Waals surface area (Å²) in [5.41, 5.74) is 6.43. The minimum absolute atomic E-state index is 0.00906. The lowest BCUT2D eigenvalue weighted by Gasteiger charge is -1.99. The van der Waals surface area contributed by atoms with Gasteiger partial charge in [0.25, 0.3) is 5.56 Å². The molecule has 0 saturated heterocycles. The number of aromatic nitrogens is 4. The highest BCUT2D eigenvalue weighted by atomic mass is 31.2. The summed E-state index contributed by atoms with van der Waals surface area (Å²) in [6.45, 7) is 0. The van der Waals surface area contributed by atoms with Crippen LogP contribution in [0.2, 0.25) is 0 Å². The van der Waals surface area contributed by atoms with E-state index in [-0.39, 0.29) is 23.5 Å². The Bertz CT molecular complexity index is 817. The fraction of sp³-hybridized carbons (Fsp3) is 0.300. The Balaban J connectivity index is 1.94. The van der Waals surface area contributed by atoms with Crippen LogP contribution in [0.4, 0.5) is 5.95 Å². The van der Waals surface area contributed by atoms with Gasteiger partial charge in [-0.3, -0.25) is 18.9 Å². The molecule has 1 aliphatic carbocycles. The van der Waals surface area contributed by atoms with Crippen molar-refractivity contribution in [2.24, 2.45) is 5.92 Å². The summed E-state index contributed by atoms with van der Waals surface area (Å²) in [5.74, 6) is -0.141. The molecular weight excluding hydrogens is 285 g/mol. The first-order chi connectivity index (χ1) is 9.33. The van der Waals surface area contributed by atoms with Crippen LogP contribution in [0.5, 0.6) is 0 Å². The highest BCUT2D eigenvalue weighted by molar-refractivity contribution is 7.51. The molecule has 0 aliphatic heterocycles. The lowest BCUT2D eigenvalue weighted by Crippen LogP contribution is -2.11. The quantitative estimate of drug-likeness (QED) is 0.570. The van der Waals surface area contributed by atoms with Crippen molar-refractivity contribution in [3.05, 3.63) is 22.3 Å². The van der Waals surface area contributed by atoms with E-state index >= 15 is 0 Å². The zero-order valence-corrected chi connectivity index (χ0v) is 11.1. The number of nitrogens with one attached hydrogen (secondary N) is 1. The van der Waals surface area contributed by atoms with Gasteiger partial charge in [0.05, 0.1) is 6.16 Å². The first kappa shape index (κ1) is 13.0. The number of nitrogens with zero attached hydrogens (tertiary/aromatic N) is 3. The van der Waals surface area contributed by atoms with E-state index in [1.165, 1.54) is 10.9 Å². The molecule has 2 aromatic rings. The van der Waals surface area contributed by atoms with Crippen LogP contribution in [-0.4, -0.2) is 35.5 Å². The lowest BCUT2D eigenvalue weighted by atomic mass is 10.4. The molecule has 1 aliphatic rings. The summed E-state index contributed by atoms with van der Waals surface area (Å²) in [5, 5.41) is 0. The van der Waals surface area contributed by atoms with Gasteiger partial charge < -0.3 is 15.5 Å². The van der Waals surface area contributed by atoms with E-state index in [4.69, 9.17) is 15.5 Å². The third-order valence-electron chi connectivity index (χ3n) is 3.06. The molecule has 10 heteroatoms. The largest absolute Gasteiger partial charge is 0.369 e. The van der Waals surface area contributed by atoms with Crippen LogP contribution in [0.25, 0.3) is 17.4 Å². The molecule has 20 heavy (non-hydrogen) atoms. The van der Waals surface area contributed by atoms with Crippen LogP contribution in [0.1, 0.15) is 6.42 Å². The third kappa shape index (κ3) is 2.51. The number of allylic oxidation sites excluding steroid dienone is 1. The number of imidazole rings is 1. The molecule has 0 bridgehead atoms. The highest BCUT2D eigenvalue weighted by Crippen LogP contribution is 2.49. The van der Waals surface area contributed by atoms with Gasteiger partial charge >= 0.3 is 7.60 Å². The van der Waals surface area contributed by atoms with Crippen molar-refractivity contribution in [1.82, 2.24) is 19.5 Å². The van der Waals surface area contributed by atoms with Crippen LogP contribution in [0.3, 0.4) is 0 Å². The summed E-state index contributed by atoms with van der Waals surface area (Å²) in [6, 6.07) is 0. The molecule has 0 aromatic carbocycles. The minimum atomic E-state index is -4.01. The molecule has 0 radical (unpaired) electrons. The number of anilines is 1. The summed E-state index contributed by atoms with van der Waals surface area (Å²) >= 11 is 0. The van der Waals surface area contributed by atoms with Crippen molar-refractivity contribution in [2.45, 2.75) is 6.42 Å². The maximum atomic E-state index is 11.6. The fourth-order valence-corrected chi connectivity index (χ4v) is 3.01. The molecule has 2 aromatic heterocycles. The van der Waals surface area contributed by atoms with E-state index in [1.54, 1.807) is 6.20 Å². The minimum Gasteiger partial charge on any atom is -0.369 e. The first-order valence-corrected chi connectivity index (χ1v) is 7.61. The molecule has 9 nitrogen and oxygen atoms in total. The van der Waals surface area contributed by atoms with Crippen LogP contribution >= 0.6 is 7.60 Å². The number of hydrogen-bond donors (Lipinski definition) is 4. The van der Waals surface area contributed by atoms with Crippen LogP contribution < -0.4 is 11.3 Å². The number of aromatic amines is 1. The topological polar surface area (TPSA) is 147 Å². The third-order valence-corrected chi connectivity index (χ3v) is 3.98. The Hall–Kier alpha value is -1.96. The average molecular weight is 297 g/mol. The molecule has 2 heterocycles. The Morgan fingerprint density at radius 2 is 2.35 bits per heavy atom. The number of nitrogen functional groups attached to an aromatic ring is 1. The number of rotatable bonds is 3. The normalized spacial score (nSPS) is 20.7. The van der Waals surface area contributed by atoms with E-state index in [2.05, 4.69) is 15.0 Å².